The molecule has 0 spiro atoms. The molecule has 18 heteroatoms. The van der Waals surface area contributed by atoms with Crippen molar-refractivity contribution in [2.45, 2.75) is 62.7 Å². The number of rotatable bonds is 15. The maximum absolute atomic E-state index is 13.5. The summed E-state index contributed by atoms with van der Waals surface area (Å²) < 4.78 is 15.0. The Kier molecular flexibility index (Phi) is 12.4. The number of alkyl carbamates (subject to hydrolysis) is 1. The fraction of sp³-hybridized carbons (Fsp3) is 0.486. The molecule has 16 nitrogen and oxygen atoms in total. The van der Waals surface area contributed by atoms with E-state index >= 15 is 0 Å². The van der Waals surface area contributed by atoms with Gasteiger partial charge in [-0.15, -0.1) is 22.7 Å². The highest BCUT2D eigenvalue weighted by atomic mass is 32.1. The first-order valence-corrected chi connectivity index (χ1v) is 19.1. The first kappa shape index (κ1) is 38.0. The summed E-state index contributed by atoms with van der Waals surface area (Å²) in [6.07, 6.45) is 5.44. The standard InChI is InChI=1S/C35H44N8O8S2/c1-49-16-12-20(40-34(46)47)32(44)42-14-4-6-24(42)30-36-18-22(38-30)26-8-10-28(52-26)29-11-9-27(53-29)23-19-37-31(39-23)25-7-5-15-43(25)33(45)21(13-17-50-2)41-35(48)51-3/h8-11,18-21,24-25,40H,4-7,12-17H2,1-3H3,(H,36,38)(H,37,39)(H,41,48)(H,46,47)/t20-,21-,24-,25-/m0/s1. The molecule has 0 radical (unpaired) electrons. The summed E-state index contributed by atoms with van der Waals surface area (Å²) in [5.41, 5.74) is 1.55. The minimum atomic E-state index is -1.25. The first-order chi connectivity index (χ1) is 25.7. The van der Waals surface area contributed by atoms with Crippen LogP contribution in [0.5, 0.6) is 0 Å². The third-order valence-electron chi connectivity index (χ3n) is 9.45. The SMILES string of the molecule is COCC[C@H](NC(=O)O)C(=O)N1CCC[C@H]1c1nc(-c2ccc(-c3ccc(-c4c[nH]c([C@@H]5CCCN5C(=O)[C@H](CCOC)NC(=O)OC)n4)s3)s2)c[nH]1. The van der Waals surface area contributed by atoms with Crippen LogP contribution >= 0.6 is 22.7 Å². The molecular formula is C35H44N8O8S2. The summed E-state index contributed by atoms with van der Waals surface area (Å²) in [7, 11) is 4.33. The van der Waals surface area contributed by atoms with E-state index in [-0.39, 0.29) is 36.9 Å². The Morgan fingerprint density at radius 2 is 1.23 bits per heavy atom. The van der Waals surface area contributed by atoms with Gasteiger partial charge in [-0.05, 0) is 49.9 Å². The number of carbonyl (C=O) groups is 4. The molecule has 6 heterocycles. The van der Waals surface area contributed by atoms with Crippen molar-refractivity contribution in [3.8, 4) is 30.9 Å². The van der Waals surface area contributed by atoms with Crippen LogP contribution in [-0.2, 0) is 23.8 Å². The number of nitrogens with one attached hydrogen (secondary N) is 4. The van der Waals surface area contributed by atoms with Crippen LogP contribution in [-0.4, -0.2) is 119 Å². The highest BCUT2D eigenvalue weighted by molar-refractivity contribution is 7.25. The Balaban J connectivity index is 1.12. The average Bonchev–Trinajstić information content (AvgIpc) is 3.99. The number of ether oxygens (including phenoxy) is 3. The van der Waals surface area contributed by atoms with Gasteiger partial charge in [-0.25, -0.2) is 19.6 Å². The number of methoxy groups -OCH3 is 3. The summed E-state index contributed by atoms with van der Waals surface area (Å²) >= 11 is 3.23. The van der Waals surface area contributed by atoms with Gasteiger partial charge in [-0.3, -0.25) is 9.59 Å². The lowest BCUT2D eigenvalue weighted by Crippen LogP contribution is -2.49. The lowest BCUT2D eigenvalue weighted by atomic mass is 10.1. The van der Waals surface area contributed by atoms with Crippen molar-refractivity contribution in [2.24, 2.45) is 0 Å². The summed E-state index contributed by atoms with van der Waals surface area (Å²) in [5, 5.41) is 14.3. The summed E-state index contributed by atoms with van der Waals surface area (Å²) in [4.78, 5) is 74.1. The first-order valence-electron chi connectivity index (χ1n) is 17.4. The monoisotopic (exact) mass is 768 g/mol. The van der Waals surface area contributed by atoms with Gasteiger partial charge in [-0.2, -0.15) is 0 Å². The van der Waals surface area contributed by atoms with Gasteiger partial charge in [-0.1, -0.05) is 0 Å². The zero-order chi connectivity index (χ0) is 37.5. The number of likely N-dealkylation sites (tertiary alicyclic amines) is 2. The van der Waals surface area contributed by atoms with Crippen LogP contribution in [0, 0.1) is 0 Å². The number of aromatic amines is 2. The van der Waals surface area contributed by atoms with Crippen LogP contribution < -0.4 is 10.6 Å². The van der Waals surface area contributed by atoms with Crippen LogP contribution in [0.15, 0.2) is 36.7 Å². The van der Waals surface area contributed by atoms with Crippen molar-refractivity contribution in [2.75, 3.05) is 47.6 Å². The number of aromatic nitrogens is 4. The zero-order valence-corrected chi connectivity index (χ0v) is 31.4. The van der Waals surface area contributed by atoms with Crippen molar-refractivity contribution in [3.05, 3.63) is 48.3 Å². The minimum absolute atomic E-state index is 0.197. The summed E-state index contributed by atoms with van der Waals surface area (Å²) in [5.74, 6) is 0.886. The molecule has 4 aromatic heterocycles. The second-order valence-electron chi connectivity index (χ2n) is 12.8. The van der Waals surface area contributed by atoms with E-state index in [1.165, 1.54) is 14.2 Å². The molecule has 0 aliphatic carbocycles. The average molecular weight is 769 g/mol. The predicted octanol–water partition coefficient (Wildman–Crippen LogP) is 5.02. The second-order valence-corrected chi connectivity index (χ2v) is 15.0. The molecule has 2 aliphatic heterocycles. The normalized spacial score (nSPS) is 18.2. The number of amides is 4. The predicted molar refractivity (Wildman–Crippen MR) is 197 cm³/mol. The van der Waals surface area contributed by atoms with E-state index < -0.39 is 24.3 Å². The molecular weight excluding hydrogens is 725 g/mol. The molecule has 6 rings (SSSR count). The third kappa shape index (κ3) is 8.72. The number of imidazole rings is 2. The van der Waals surface area contributed by atoms with E-state index in [1.807, 2.05) is 24.5 Å². The van der Waals surface area contributed by atoms with Crippen LogP contribution in [0.3, 0.4) is 0 Å². The number of nitrogens with zero attached hydrogens (tertiary/aromatic N) is 4. The molecule has 0 aromatic carbocycles. The van der Waals surface area contributed by atoms with Crippen molar-refractivity contribution in [1.82, 2.24) is 40.4 Å². The number of H-pyrrole nitrogens is 2. The van der Waals surface area contributed by atoms with Gasteiger partial charge < -0.3 is 49.7 Å². The van der Waals surface area contributed by atoms with Gasteiger partial charge in [0.05, 0.1) is 40.3 Å². The number of carboxylic acid groups (broad SMARTS) is 1. The molecule has 2 fully saturated rings. The fourth-order valence-electron chi connectivity index (χ4n) is 6.85. The molecule has 4 aromatic rings. The van der Waals surface area contributed by atoms with E-state index in [0.717, 1.165) is 56.6 Å². The molecule has 53 heavy (non-hydrogen) atoms. The molecule has 284 valence electrons. The number of thiophene rings is 2. The quantitative estimate of drug-likeness (QED) is 0.109. The van der Waals surface area contributed by atoms with Gasteiger partial charge in [0.25, 0.3) is 0 Å². The topological polar surface area (TPSA) is 204 Å². The Hall–Kier alpha value is -4.78. The van der Waals surface area contributed by atoms with Crippen LogP contribution in [0.25, 0.3) is 30.9 Å². The fourth-order valence-corrected chi connectivity index (χ4v) is 8.87. The van der Waals surface area contributed by atoms with Crippen molar-refractivity contribution in [1.29, 1.82) is 0 Å². The molecule has 2 saturated heterocycles. The van der Waals surface area contributed by atoms with Crippen LogP contribution in [0.1, 0.15) is 62.3 Å². The van der Waals surface area contributed by atoms with Gasteiger partial charge >= 0.3 is 12.2 Å². The van der Waals surface area contributed by atoms with E-state index in [0.29, 0.717) is 37.8 Å². The highest BCUT2D eigenvalue weighted by Gasteiger charge is 2.37. The van der Waals surface area contributed by atoms with E-state index in [2.05, 4.69) is 32.7 Å². The lowest BCUT2D eigenvalue weighted by Gasteiger charge is -2.28. The Labute approximate surface area is 314 Å². The summed E-state index contributed by atoms with van der Waals surface area (Å²) in [6, 6.07) is 6.01. The van der Waals surface area contributed by atoms with Crippen LogP contribution in [0.2, 0.25) is 0 Å². The molecule has 4 amide bonds. The number of hydrogen-bond acceptors (Lipinski definition) is 11. The molecule has 0 saturated carbocycles. The van der Waals surface area contributed by atoms with Crippen LogP contribution in [0.4, 0.5) is 9.59 Å². The van der Waals surface area contributed by atoms with Gasteiger partial charge in [0.1, 0.15) is 23.7 Å². The Morgan fingerprint density at radius 3 is 1.66 bits per heavy atom. The zero-order valence-electron chi connectivity index (χ0n) is 29.8. The Bertz CT molecular complexity index is 1890. The van der Waals surface area contributed by atoms with Crippen molar-refractivity contribution in [3.63, 3.8) is 0 Å². The number of hydrogen-bond donors (Lipinski definition) is 5. The van der Waals surface area contributed by atoms with Gasteiger partial charge in [0, 0.05) is 75.5 Å². The molecule has 2 aliphatic rings. The Morgan fingerprint density at radius 1 is 0.774 bits per heavy atom. The van der Waals surface area contributed by atoms with Gasteiger partial charge in [0.2, 0.25) is 11.8 Å². The minimum Gasteiger partial charge on any atom is -0.465 e. The van der Waals surface area contributed by atoms with E-state index in [4.69, 9.17) is 24.2 Å². The molecule has 0 bridgehead atoms. The maximum atomic E-state index is 13.5. The van der Waals surface area contributed by atoms with Crippen molar-refractivity contribution >= 4 is 46.7 Å². The largest absolute Gasteiger partial charge is 0.465 e. The highest BCUT2D eigenvalue weighted by Crippen LogP contribution is 2.41. The number of carbonyl (C=O) groups excluding carboxylic acids is 3. The van der Waals surface area contributed by atoms with Crippen molar-refractivity contribution < 1.29 is 38.5 Å². The van der Waals surface area contributed by atoms with E-state index in [1.54, 1.807) is 39.6 Å². The second kappa shape index (κ2) is 17.4. The smallest absolute Gasteiger partial charge is 0.407 e. The summed E-state index contributed by atoms with van der Waals surface area (Å²) in [6.45, 7) is 1.65. The molecule has 0 unspecified atom stereocenters. The third-order valence-corrected chi connectivity index (χ3v) is 11.9. The van der Waals surface area contributed by atoms with E-state index in [9.17, 15) is 24.3 Å². The van der Waals surface area contributed by atoms with Gasteiger partial charge in [0.15, 0.2) is 0 Å². The molecule has 4 atom stereocenters. The maximum Gasteiger partial charge on any atom is 0.407 e. The molecule has 5 N–H and O–H groups in total. The lowest BCUT2D eigenvalue weighted by molar-refractivity contribution is -0.135.